The van der Waals surface area contributed by atoms with Crippen LogP contribution >= 0.6 is 11.6 Å². The van der Waals surface area contributed by atoms with Gasteiger partial charge in [-0.05, 0) is 46.1 Å². The number of fused-ring (bicyclic) bond motifs is 2. The van der Waals surface area contributed by atoms with Crippen molar-refractivity contribution < 1.29 is 27.8 Å². The van der Waals surface area contributed by atoms with Gasteiger partial charge in [-0.2, -0.15) is 0 Å². The largest absolute Gasteiger partial charge is 0.467 e. The molecule has 8 nitrogen and oxygen atoms in total. The van der Waals surface area contributed by atoms with Crippen molar-refractivity contribution >= 4 is 23.5 Å². The van der Waals surface area contributed by atoms with Crippen LogP contribution in [-0.4, -0.2) is 71.8 Å². The molecule has 0 radical (unpaired) electrons. The van der Waals surface area contributed by atoms with E-state index in [4.69, 9.17) is 25.8 Å². The van der Waals surface area contributed by atoms with Crippen LogP contribution in [0.1, 0.15) is 40.0 Å². The van der Waals surface area contributed by atoms with Gasteiger partial charge in [0.25, 0.3) is 0 Å². The van der Waals surface area contributed by atoms with E-state index in [2.05, 4.69) is 9.97 Å². The van der Waals surface area contributed by atoms with E-state index >= 15 is 4.39 Å². The number of anilines is 1. The Morgan fingerprint density at radius 1 is 1.25 bits per heavy atom. The third-order valence-electron chi connectivity index (χ3n) is 6.53. The molecule has 2 bridgehead atoms. The molecule has 4 rings (SSSR count). The Morgan fingerprint density at radius 2 is 2.00 bits per heavy atom. The summed E-state index contributed by atoms with van der Waals surface area (Å²) in [6.07, 6.45) is 3.02. The number of piperidine rings is 1. The summed E-state index contributed by atoms with van der Waals surface area (Å²) in [5.74, 6) is 0.144. The van der Waals surface area contributed by atoms with Gasteiger partial charge in [-0.3, -0.25) is 9.88 Å². The topological polar surface area (TPSA) is 77.0 Å². The molecule has 2 aliphatic heterocycles. The molecule has 0 saturated carbocycles. The maximum atomic E-state index is 15.7. The van der Waals surface area contributed by atoms with Crippen LogP contribution in [-0.2, 0) is 9.47 Å². The number of carbonyl (C=O) groups excluding carboxylic acids is 1. The number of methoxy groups -OCH3 is 1. The molecule has 36 heavy (non-hydrogen) atoms. The number of alkyl halides is 1. The van der Waals surface area contributed by atoms with E-state index in [9.17, 15) is 9.18 Å². The Hall–Kier alpha value is -2.72. The van der Waals surface area contributed by atoms with Crippen LogP contribution in [0.15, 0.2) is 24.5 Å². The Balaban J connectivity index is 1.52. The fraction of sp³-hybridized carbons (Fsp3) is 0.560. The average molecular weight is 525 g/mol. The van der Waals surface area contributed by atoms with Gasteiger partial charge in [-0.25, -0.2) is 18.6 Å². The first-order valence-electron chi connectivity index (χ1n) is 11.8. The first kappa shape index (κ1) is 26.3. The van der Waals surface area contributed by atoms with E-state index in [0.29, 0.717) is 35.7 Å². The zero-order valence-corrected chi connectivity index (χ0v) is 21.8. The van der Waals surface area contributed by atoms with E-state index in [1.165, 1.54) is 31.6 Å². The van der Waals surface area contributed by atoms with Crippen LogP contribution in [0.5, 0.6) is 5.75 Å². The van der Waals surface area contributed by atoms with Gasteiger partial charge in [0.2, 0.25) is 0 Å². The maximum Gasteiger partial charge on any atom is 0.410 e. The van der Waals surface area contributed by atoms with Crippen molar-refractivity contribution in [3.8, 4) is 17.0 Å². The summed E-state index contributed by atoms with van der Waals surface area (Å²) in [5.41, 5.74) is 0.0857. The molecule has 1 aromatic heterocycles. The van der Waals surface area contributed by atoms with E-state index in [0.717, 1.165) is 6.42 Å². The van der Waals surface area contributed by atoms with Crippen molar-refractivity contribution in [1.29, 1.82) is 0 Å². The number of hydrogen-bond acceptors (Lipinski definition) is 7. The Kier molecular flexibility index (Phi) is 7.56. The van der Waals surface area contributed by atoms with Gasteiger partial charge in [-0.1, -0.05) is 11.6 Å². The minimum absolute atomic E-state index is 0.0502. The minimum Gasteiger partial charge on any atom is -0.467 e. The first-order chi connectivity index (χ1) is 17.0. The third kappa shape index (κ3) is 5.34. The van der Waals surface area contributed by atoms with Crippen LogP contribution < -0.4 is 9.64 Å². The highest BCUT2D eigenvalue weighted by Gasteiger charge is 2.52. The van der Waals surface area contributed by atoms with E-state index in [1.807, 2.05) is 0 Å². The molecule has 11 heteroatoms. The van der Waals surface area contributed by atoms with E-state index in [1.54, 1.807) is 37.6 Å². The number of carbonyl (C=O) groups is 1. The highest BCUT2D eigenvalue weighted by atomic mass is 35.5. The summed E-state index contributed by atoms with van der Waals surface area (Å²) in [7, 11) is 3.23. The molecular weight excluding hydrogens is 494 g/mol. The van der Waals surface area contributed by atoms with Crippen molar-refractivity contribution in [3.63, 3.8) is 0 Å². The fourth-order valence-electron chi connectivity index (χ4n) is 4.88. The van der Waals surface area contributed by atoms with Gasteiger partial charge in [0, 0.05) is 31.8 Å². The van der Waals surface area contributed by atoms with Crippen molar-refractivity contribution in [3.05, 3.63) is 35.4 Å². The summed E-state index contributed by atoms with van der Waals surface area (Å²) in [6, 6.07) is 1.46. The minimum atomic E-state index is -1.28. The van der Waals surface area contributed by atoms with Crippen molar-refractivity contribution in [2.45, 2.75) is 69.9 Å². The van der Waals surface area contributed by atoms with Crippen LogP contribution in [0, 0.1) is 5.82 Å². The van der Waals surface area contributed by atoms with Crippen LogP contribution in [0.4, 0.5) is 19.4 Å². The summed E-state index contributed by atoms with van der Waals surface area (Å²) >= 11 is 5.90. The molecule has 2 fully saturated rings. The standard InChI is InChI=1S/C25H31ClF2N4O4/c1-25(2,3)36-24(33)32-14-6-7-19(32)23(28)20(8-14)31(4)22-12-29-18(11-30-22)15-9-17(27)16(26)10-21(15)35-13-34-5/h9-12,14,19-20,23H,6-8,13H2,1-5H3. The van der Waals surface area contributed by atoms with Crippen molar-refractivity contribution in [1.82, 2.24) is 14.9 Å². The molecule has 2 aromatic rings. The summed E-state index contributed by atoms with van der Waals surface area (Å²) < 4.78 is 45.8. The second kappa shape index (κ2) is 10.3. The molecule has 0 aliphatic carbocycles. The number of hydrogen-bond donors (Lipinski definition) is 0. The van der Waals surface area contributed by atoms with Gasteiger partial charge < -0.3 is 19.1 Å². The lowest BCUT2D eigenvalue weighted by molar-refractivity contribution is -0.0103. The second-order valence-electron chi connectivity index (χ2n) is 10.1. The van der Waals surface area contributed by atoms with Gasteiger partial charge in [-0.15, -0.1) is 0 Å². The quantitative estimate of drug-likeness (QED) is 0.479. The van der Waals surface area contributed by atoms with Crippen LogP contribution in [0.3, 0.4) is 0 Å². The van der Waals surface area contributed by atoms with Gasteiger partial charge in [0.1, 0.15) is 29.2 Å². The fourth-order valence-corrected chi connectivity index (χ4v) is 5.03. The van der Waals surface area contributed by atoms with Gasteiger partial charge in [0.15, 0.2) is 6.79 Å². The number of benzene rings is 1. The predicted octanol–water partition coefficient (Wildman–Crippen LogP) is 5.23. The van der Waals surface area contributed by atoms with Crippen LogP contribution in [0.2, 0.25) is 5.02 Å². The number of ether oxygens (including phenoxy) is 3. The summed E-state index contributed by atoms with van der Waals surface area (Å²) in [6.45, 7) is 5.35. The van der Waals surface area contributed by atoms with Gasteiger partial charge >= 0.3 is 6.09 Å². The lowest BCUT2D eigenvalue weighted by Crippen LogP contribution is -2.59. The molecule has 3 heterocycles. The predicted molar refractivity (Wildman–Crippen MR) is 132 cm³/mol. The Bertz CT molecular complexity index is 1100. The van der Waals surface area contributed by atoms with E-state index < -0.39 is 35.8 Å². The molecule has 1 aromatic carbocycles. The van der Waals surface area contributed by atoms with Gasteiger partial charge in [0.05, 0.1) is 35.2 Å². The zero-order valence-electron chi connectivity index (χ0n) is 21.0. The molecule has 196 valence electrons. The smallest absolute Gasteiger partial charge is 0.410 e. The Morgan fingerprint density at radius 3 is 2.64 bits per heavy atom. The molecular formula is C25H31ClF2N4O4. The molecule has 1 amide bonds. The maximum absolute atomic E-state index is 15.7. The van der Waals surface area contributed by atoms with Crippen LogP contribution in [0.25, 0.3) is 11.3 Å². The van der Waals surface area contributed by atoms with Crippen molar-refractivity contribution in [2.75, 3.05) is 25.9 Å². The summed E-state index contributed by atoms with van der Waals surface area (Å²) in [5, 5.41) is -0.0875. The Labute approximate surface area is 214 Å². The first-order valence-corrected chi connectivity index (χ1v) is 12.2. The summed E-state index contributed by atoms with van der Waals surface area (Å²) in [4.78, 5) is 24.9. The number of halogens is 3. The molecule has 2 saturated heterocycles. The number of amides is 1. The molecule has 4 atom stereocenters. The van der Waals surface area contributed by atoms with Crippen molar-refractivity contribution in [2.24, 2.45) is 0 Å². The SMILES string of the molecule is COCOc1cc(Cl)c(F)cc1-c1cnc(N(C)C2CC3CCC(C2F)N3C(=O)OC(C)(C)C)cn1. The van der Waals surface area contributed by atoms with E-state index in [-0.39, 0.29) is 17.9 Å². The molecule has 2 aliphatic rings. The number of nitrogens with zero attached hydrogens (tertiary/aromatic N) is 4. The highest BCUT2D eigenvalue weighted by Crippen LogP contribution is 2.41. The molecule has 0 N–H and O–H groups in total. The lowest BCUT2D eigenvalue weighted by atomic mass is 9.94. The lowest BCUT2D eigenvalue weighted by Gasteiger charge is -2.44. The number of rotatable bonds is 6. The molecule has 0 spiro atoms. The number of aromatic nitrogens is 2. The average Bonchev–Trinajstić information content (AvgIpc) is 3.17. The molecule has 4 unspecified atom stereocenters. The normalized spacial score (nSPS) is 23.5. The zero-order chi connectivity index (χ0) is 26.2. The highest BCUT2D eigenvalue weighted by molar-refractivity contribution is 6.31. The monoisotopic (exact) mass is 524 g/mol. The second-order valence-corrected chi connectivity index (χ2v) is 10.5. The third-order valence-corrected chi connectivity index (χ3v) is 6.82.